The number of carbonyl (C=O) groups is 2. The Morgan fingerprint density at radius 2 is 1.74 bits per heavy atom. The number of hydrogen-bond donors (Lipinski definition) is 0. The lowest BCUT2D eigenvalue weighted by Gasteiger charge is -2.04. The van der Waals surface area contributed by atoms with Crippen molar-refractivity contribution < 1.29 is 14.3 Å². The summed E-state index contributed by atoms with van der Waals surface area (Å²) in [5.41, 5.74) is 0.526. The van der Waals surface area contributed by atoms with E-state index < -0.39 is 0 Å². The first-order valence-electron chi connectivity index (χ1n) is 8.24. The molecule has 0 saturated heterocycles. The molecule has 5 heteroatoms. The van der Waals surface area contributed by atoms with Crippen LogP contribution >= 0.6 is 0 Å². The molecule has 1 rings (SSSR count). The maximum absolute atomic E-state index is 11.5. The normalized spacial score (nSPS) is 9.57. The van der Waals surface area contributed by atoms with E-state index in [-0.39, 0.29) is 11.9 Å². The van der Waals surface area contributed by atoms with Crippen LogP contribution in [0, 0.1) is 0 Å². The molecule has 0 unspecified atom stereocenters. The Morgan fingerprint density at radius 1 is 1.13 bits per heavy atom. The summed E-state index contributed by atoms with van der Waals surface area (Å²) in [5.74, 6) is -0.179. The van der Waals surface area contributed by atoms with Crippen LogP contribution in [-0.4, -0.2) is 42.5 Å². The Hall–Kier alpha value is -1.91. The minimum Gasteiger partial charge on any atom is -0.462 e. The quantitative estimate of drug-likeness (QED) is 0.541. The summed E-state index contributed by atoms with van der Waals surface area (Å²) in [6.45, 7) is 4.25. The van der Waals surface area contributed by atoms with Gasteiger partial charge in [0, 0.05) is 33.4 Å². The Kier molecular flexibility index (Phi) is 12.6. The van der Waals surface area contributed by atoms with Gasteiger partial charge in [-0.3, -0.25) is 9.78 Å². The smallest absolute Gasteiger partial charge is 0.339 e. The molecule has 1 aromatic rings. The van der Waals surface area contributed by atoms with Crippen molar-refractivity contribution in [3.05, 3.63) is 30.1 Å². The van der Waals surface area contributed by atoms with Crippen molar-refractivity contribution in [1.29, 1.82) is 0 Å². The number of rotatable bonds is 8. The molecule has 1 amide bonds. The third-order valence-electron chi connectivity index (χ3n) is 3.26. The van der Waals surface area contributed by atoms with Gasteiger partial charge in [0.25, 0.3) is 0 Å². The van der Waals surface area contributed by atoms with E-state index in [1.807, 2.05) is 0 Å². The molecule has 0 saturated carbocycles. The fraction of sp³-hybridized carbons (Fsp3) is 0.611. The number of ether oxygens (including phenoxy) is 1. The highest BCUT2D eigenvalue weighted by Gasteiger charge is 2.05. The van der Waals surface area contributed by atoms with Gasteiger partial charge in [-0.25, -0.2) is 4.79 Å². The first-order valence-corrected chi connectivity index (χ1v) is 8.24. The molecule has 0 aliphatic heterocycles. The zero-order chi connectivity index (χ0) is 17.5. The Bertz CT molecular complexity index is 433. The number of amides is 1. The SMILES string of the molecule is CC(=O)N(C)C.CCCCCCCCOC(=O)c1cccnc1. The predicted octanol–water partition coefficient (Wildman–Crippen LogP) is 3.69. The van der Waals surface area contributed by atoms with Crippen molar-refractivity contribution >= 4 is 11.9 Å². The molecule has 130 valence electrons. The van der Waals surface area contributed by atoms with Crippen LogP contribution in [0.15, 0.2) is 24.5 Å². The van der Waals surface area contributed by atoms with Gasteiger partial charge in [-0.15, -0.1) is 0 Å². The Balaban J connectivity index is 0.000000688. The van der Waals surface area contributed by atoms with Crippen LogP contribution in [0.25, 0.3) is 0 Å². The largest absolute Gasteiger partial charge is 0.462 e. The molecule has 0 bridgehead atoms. The predicted molar refractivity (Wildman–Crippen MR) is 92.3 cm³/mol. The molecule has 0 radical (unpaired) electrons. The highest BCUT2D eigenvalue weighted by Crippen LogP contribution is 2.06. The molecule has 0 spiro atoms. The molecule has 5 nitrogen and oxygen atoms in total. The highest BCUT2D eigenvalue weighted by atomic mass is 16.5. The van der Waals surface area contributed by atoms with E-state index in [1.165, 1.54) is 43.7 Å². The lowest BCUT2D eigenvalue weighted by atomic mass is 10.1. The summed E-state index contributed by atoms with van der Waals surface area (Å²) in [6.07, 6.45) is 10.3. The number of esters is 1. The number of pyridine rings is 1. The van der Waals surface area contributed by atoms with Crippen LogP contribution in [-0.2, 0) is 9.53 Å². The topological polar surface area (TPSA) is 59.5 Å². The van der Waals surface area contributed by atoms with Crippen LogP contribution in [0.2, 0.25) is 0 Å². The second-order valence-corrected chi connectivity index (χ2v) is 5.56. The minimum absolute atomic E-state index is 0.0926. The van der Waals surface area contributed by atoms with Crippen molar-refractivity contribution in [3.63, 3.8) is 0 Å². The highest BCUT2D eigenvalue weighted by molar-refractivity contribution is 5.88. The molecule has 23 heavy (non-hydrogen) atoms. The van der Waals surface area contributed by atoms with E-state index in [9.17, 15) is 9.59 Å². The van der Waals surface area contributed by atoms with Gasteiger partial charge in [0.1, 0.15) is 0 Å². The summed E-state index contributed by atoms with van der Waals surface area (Å²) >= 11 is 0. The molecular weight excluding hydrogens is 292 g/mol. The molecule has 0 aliphatic carbocycles. The van der Waals surface area contributed by atoms with Gasteiger partial charge in [0.2, 0.25) is 5.91 Å². The number of nitrogens with zero attached hydrogens (tertiary/aromatic N) is 2. The van der Waals surface area contributed by atoms with Crippen molar-refractivity contribution in [2.24, 2.45) is 0 Å². The summed E-state index contributed by atoms with van der Waals surface area (Å²) in [7, 11) is 3.45. The van der Waals surface area contributed by atoms with E-state index in [0.29, 0.717) is 12.2 Å². The Morgan fingerprint density at radius 3 is 2.26 bits per heavy atom. The van der Waals surface area contributed by atoms with Crippen molar-refractivity contribution in [1.82, 2.24) is 9.88 Å². The molecule has 0 aromatic carbocycles. The number of hydrogen-bond acceptors (Lipinski definition) is 4. The maximum Gasteiger partial charge on any atom is 0.339 e. The van der Waals surface area contributed by atoms with Gasteiger partial charge in [-0.05, 0) is 18.6 Å². The molecule has 0 atom stereocenters. The van der Waals surface area contributed by atoms with Crippen LogP contribution in [0.4, 0.5) is 0 Å². The molecule has 0 fully saturated rings. The van der Waals surface area contributed by atoms with E-state index in [4.69, 9.17) is 4.74 Å². The van der Waals surface area contributed by atoms with Gasteiger partial charge in [-0.2, -0.15) is 0 Å². The third-order valence-corrected chi connectivity index (χ3v) is 3.26. The zero-order valence-corrected chi connectivity index (χ0v) is 14.9. The summed E-state index contributed by atoms with van der Waals surface area (Å²) in [4.78, 5) is 27.0. The minimum atomic E-state index is -0.272. The average molecular weight is 322 g/mol. The van der Waals surface area contributed by atoms with E-state index in [2.05, 4.69) is 11.9 Å². The second kappa shape index (κ2) is 13.7. The third kappa shape index (κ3) is 12.3. The van der Waals surface area contributed by atoms with Gasteiger partial charge in [-0.1, -0.05) is 39.0 Å². The van der Waals surface area contributed by atoms with Crippen molar-refractivity contribution in [3.8, 4) is 0 Å². The van der Waals surface area contributed by atoms with Crippen LogP contribution in [0.3, 0.4) is 0 Å². The number of carbonyl (C=O) groups excluding carboxylic acids is 2. The average Bonchev–Trinajstić information content (AvgIpc) is 2.55. The molecule has 1 heterocycles. The molecule has 0 N–H and O–H groups in total. The second-order valence-electron chi connectivity index (χ2n) is 5.56. The Labute approximate surface area is 140 Å². The van der Waals surface area contributed by atoms with Crippen LogP contribution in [0.1, 0.15) is 62.7 Å². The summed E-state index contributed by atoms with van der Waals surface area (Å²) in [6, 6.07) is 3.46. The molecule has 0 aliphatic rings. The van der Waals surface area contributed by atoms with Crippen molar-refractivity contribution in [2.75, 3.05) is 20.7 Å². The van der Waals surface area contributed by atoms with Gasteiger partial charge in [0.05, 0.1) is 12.2 Å². The summed E-state index contributed by atoms with van der Waals surface area (Å²) < 4.78 is 5.16. The fourth-order valence-corrected chi connectivity index (χ4v) is 1.61. The van der Waals surface area contributed by atoms with Gasteiger partial charge in [0.15, 0.2) is 0 Å². The van der Waals surface area contributed by atoms with E-state index in [0.717, 1.165) is 12.8 Å². The van der Waals surface area contributed by atoms with Crippen molar-refractivity contribution in [2.45, 2.75) is 52.4 Å². The summed E-state index contributed by atoms with van der Waals surface area (Å²) in [5, 5.41) is 0. The van der Waals surface area contributed by atoms with E-state index >= 15 is 0 Å². The number of aromatic nitrogens is 1. The fourth-order valence-electron chi connectivity index (χ4n) is 1.61. The number of unbranched alkanes of at least 4 members (excludes halogenated alkanes) is 5. The first kappa shape index (κ1) is 21.1. The maximum atomic E-state index is 11.5. The van der Waals surface area contributed by atoms with Gasteiger partial charge >= 0.3 is 5.97 Å². The van der Waals surface area contributed by atoms with Crippen LogP contribution < -0.4 is 0 Å². The monoisotopic (exact) mass is 322 g/mol. The molecular formula is C18H30N2O3. The van der Waals surface area contributed by atoms with E-state index in [1.54, 1.807) is 32.4 Å². The van der Waals surface area contributed by atoms with Crippen LogP contribution in [0.5, 0.6) is 0 Å². The zero-order valence-electron chi connectivity index (χ0n) is 14.9. The lowest BCUT2D eigenvalue weighted by Crippen LogP contribution is -2.17. The molecule has 1 aromatic heterocycles. The first-order chi connectivity index (χ1) is 11.0. The lowest BCUT2D eigenvalue weighted by molar-refractivity contribution is -0.126. The van der Waals surface area contributed by atoms with Gasteiger partial charge < -0.3 is 9.64 Å². The standard InChI is InChI=1S/C14H21NO2.C4H9NO/c1-2-3-4-5-6-7-11-17-14(16)13-9-8-10-15-12-13;1-4(6)5(2)3/h8-10,12H,2-7,11H2,1H3;1-3H3.